The molecule has 2 saturated heterocycles. The molecule has 5 aliphatic carbocycles. The van der Waals surface area contributed by atoms with Gasteiger partial charge in [-0.3, -0.25) is 0 Å². The minimum absolute atomic E-state index is 0.0626. The van der Waals surface area contributed by atoms with Crippen molar-refractivity contribution in [1.29, 1.82) is 0 Å². The maximum Gasteiger partial charge on any atom is 0.506 e. The highest BCUT2D eigenvalue weighted by atomic mass is 16.7. The Hall–Kier alpha value is -0.890. The minimum Gasteiger partial charge on any atom is -0.450 e. The summed E-state index contributed by atoms with van der Waals surface area (Å²) in [5, 5.41) is 45.0. The van der Waals surface area contributed by atoms with Gasteiger partial charge < -0.3 is 29.9 Å². The molecule has 14 atom stereocenters. The van der Waals surface area contributed by atoms with Gasteiger partial charge in [0.1, 0.15) is 6.10 Å². The Labute approximate surface area is 233 Å². The molecule has 7 heteroatoms. The van der Waals surface area contributed by atoms with Crippen LogP contribution >= 0.6 is 0 Å². The third-order valence-corrected chi connectivity index (χ3v) is 15.2. The summed E-state index contributed by atoms with van der Waals surface area (Å²) in [5.74, 6) is 0.680. The molecule has 7 fully saturated rings. The molecule has 0 aromatic rings. The fraction of sp³-hybridized carbons (Fsp3) is 0.969. The van der Waals surface area contributed by atoms with E-state index in [1.54, 1.807) is 0 Å². The fourth-order valence-corrected chi connectivity index (χ4v) is 13.7. The van der Waals surface area contributed by atoms with E-state index in [0.29, 0.717) is 18.8 Å². The summed E-state index contributed by atoms with van der Waals surface area (Å²) >= 11 is 0. The van der Waals surface area contributed by atoms with Crippen molar-refractivity contribution in [2.45, 2.75) is 135 Å². The SMILES string of the molecule is C[C@@H]1C[C@H]2O[C@@]3(C[C@@H]2C(C)(C)O)[C@H](O)[C@@]2(C)[C@@H]4CC[C@H]5C(C)(C)[C@@H](O)CC[C@@]56C[C@@]46C[C@@H](OC(=O)O)[C@]2(C)[C@@H]13. The lowest BCUT2D eigenvalue weighted by atomic mass is 9.40. The van der Waals surface area contributed by atoms with E-state index in [2.05, 4.69) is 34.6 Å². The molecule has 220 valence electrons. The number of hydrogen-bond donors (Lipinski definition) is 4. The van der Waals surface area contributed by atoms with Gasteiger partial charge in [0.2, 0.25) is 0 Å². The zero-order chi connectivity index (χ0) is 28.3. The van der Waals surface area contributed by atoms with Crippen molar-refractivity contribution in [1.82, 2.24) is 0 Å². The molecule has 0 amide bonds. The predicted octanol–water partition coefficient (Wildman–Crippen LogP) is 4.99. The van der Waals surface area contributed by atoms with E-state index in [1.165, 1.54) is 0 Å². The summed E-state index contributed by atoms with van der Waals surface area (Å²) in [6.07, 6.45) is 3.89. The van der Waals surface area contributed by atoms with Crippen LogP contribution in [0.4, 0.5) is 4.79 Å². The molecule has 7 nitrogen and oxygen atoms in total. The van der Waals surface area contributed by atoms with Gasteiger partial charge in [-0.15, -0.1) is 0 Å². The Balaban J connectivity index is 1.39. The van der Waals surface area contributed by atoms with Crippen LogP contribution in [0.25, 0.3) is 0 Å². The average Bonchev–Trinajstić information content (AvgIpc) is 3.32. The van der Waals surface area contributed by atoms with Crippen molar-refractivity contribution < 1.29 is 34.7 Å². The van der Waals surface area contributed by atoms with Gasteiger partial charge in [0, 0.05) is 22.7 Å². The first-order valence-corrected chi connectivity index (χ1v) is 15.6. The Morgan fingerprint density at radius 3 is 2.28 bits per heavy atom. The third kappa shape index (κ3) is 2.74. The van der Waals surface area contributed by atoms with Gasteiger partial charge in [-0.2, -0.15) is 0 Å². The third-order valence-electron chi connectivity index (χ3n) is 15.2. The number of hydrogen-bond acceptors (Lipinski definition) is 6. The highest BCUT2D eigenvalue weighted by Gasteiger charge is 2.89. The molecule has 7 rings (SSSR count). The number of aliphatic hydroxyl groups is 3. The Morgan fingerprint density at radius 2 is 1.64 bits per heavy atom. The monoisotopic (exact) mass is 546 g/mol. The van der Waals surface area contributed by atoms with Crippen LogP contribution in [0.2, 0.25) is 0 Å². The lowest BCUT2D eigenvalue weighted by molar-refractivity contribution is -0.224. The van der Waals surface area contributed by atoms with Crippen LogP contribution in [0.3, 0.4) is 0 Å². The molecule has 0 aromatic heterocycles. The minimum atomic E-state index is -1.24. The molecule has 5 saturated carbocycles. The van der Waals surface area contributed by atoms with E-state index in [1.807, 2.05) is 13.8 Å². The molecule has 4 N–H and O–H groups in total. The maximum atomic E-state index is 12.7. The lowest BCUT2D eigenvalue weighted by Gasteiger charge is -2.65. The van der Waals surface area contributed by atoms with E-state index in [-0.39, 0.29) is 52.1 Å². The second-order valence-electron chi connectivity index (χ2n) is 16.9. The van der Waals surface area contributed by atoms with Gasteiger partial charge in [0.05, 0.1) is 29.5 Å². The molecular formula is C32H50O7. The normalized spacial score (nSPS) is 60.3. The number of carbonyl (C=O) groups is 1. The first kappa shape index (κ1) is 27.0. The summed E-state index contributed by atoms with van der Waals surface area (Å²) < 4.78 is 12.9. The van der Waals surface area contributed by atoms with E-state index < -0.39 is 40.4 Å². The summed E-state index contributed by atoms with van der Waals surface area (Å²) in [4.78, 5) is 12.3. The van der Waals surface area contributed by atoms with Crippen LogP contribution < -0.4 is 0 Å². The topological polar surface area (TPSA) is 116 Å². The summed E-state index contributed by atoms with van der Waals surface area (Å²) in [6, 6.07) is 0. The second kappa shape index (κ2) is 7.36. The summed E-state index contributed by atoms with van der Waals surface area (Å²) in [7, 11) is 0. The quantitative estimate of drug-likeness (QED) is 0.360. The largest absolute Gasteiger partial charge is 0.506 e. The lowest BCUT2D eigenvalue weighted by Crippen LogP contribution is -2.65. The van der Waals surface area contributed by atoms with Gasteiger partial charge in [-0.05, 0) is 99.2 Å². The van der Waals surface area contributed by atoms with E-state index in [0.717, 1.165) is 38.5 Å². The highest BCUT2D eigenvalue weighted by Crippen LogP contribution is 2.90. The van der Waals surface area contributed by atoms with Gasteiger partial charge in [-0.25, -0.2) is 4.79 Å². The number of aliphatic hydroxyl groups excluding tert-OH is 2. The van der Waals surface area contributed by atoms with E-state index >= 15 is 0 Å². The molecular weight excluding hydrogens is 496 g/mol. The summed E-state index contributed by atoms with van der Waals surface area (Å²) in [6.45, 7) is 14.9. The molecule has 2 heterocycles. The van der Waals surface area contributed by atoms with Gasteiger partial charge in [0.25, 0.3) is 0 Å². The molecule has 0 aromatic carbocycles. The Bertz CT molecular complexity index is 1100. The van der Waals surface area contributed by atoms with Crippen LogP contribution in [0.15, 0.2) is 0 Å². The van der Waals surface area contributed by atoms with Crippen molar-refractivity contribution in [2.75, 3.05) is 0 Å². The first-order valence-electron chi connectivity index (χ1n) is 15.6. The maximum absolute atomic E-state index is 12.7. The number of fused-ring (bicyclic) bond motifs is 4. The molecule has 2 bridgehead atoms. The molecule has 39 heavy (non-hydrogen) atoms. The van der Waals surface area contributed by atoms with Crippen molar-refractivity contribution in [2.24, 2.45) is 56.7 Å². The van der Waals surface area contributed by atoms with Crippen molar-refractivity contribution in [3.63, 3.8) is 0 Å². The van der Waals surface area contributed by atoms with Crippen LogP contribution in [0, 0.1) is 56.7 Å². The highest BCUT2D eigenvalue weighted by molar-refractivity contribution is 5.57. The van der Waals surface area contributed by atoms with Crippen LogP contribution in [0.1, 0.15) is 99.8 Å². The molecule has 0 radical (unpaired) electrons. The zero-order valence-corrected chi connectivity index (χ0v) is 24.9. The fourth-order valence-electron chi connectivity index (χ4n) is 13.7. The predicted molar refractivity (Wildman–Crippen MR) is 144 cm³/mol. The van der Waals surface area contributed by atoms with Crippen LogP contribution in [0.5, 0.6) is 0 Å². The molecule has 3 spiro atoms. The summed E-state index contributed by atoms with van der Waals surface area (Å²) in [5.41, 5.74) is -3.15. The number of carboxylic acid groups (broad SMARTS) is 1. The number of ether oxygens (including phenoxy) is 2. The number of rotatable bonds is 2. The molecule has 0 unspecified atom stereocenters. The van der Waals surface area contributed by atoms with Crippen LogP contribution in [-0.4, -0.2) is 62.2 Å². The van der Waals surface area contributed by atoms with Crippen molar-refractivity contribution in [3.05, 3.63) is 0 Å². The Morgan fingerprint density at radius 1 is 0.974 bits per heavy atom. The standard InChI is InChI=1S/C32H50O7/c1-16-12-18-17(27(4,5)37)13-32(39-18)23(16)29(7)22(38-25(35)36)14-31-15-30(31)11-10-21(33)26(2,3)19(30)8-9-20(31)28(29,6)24(32)34/h16-24,33-34,37H,8-15H2,1-7H3,(H,35,36)/t16-,17+,18-,19+,20+,21+,22-,23-,24-,28-,29-,30-,31+,32-/m1/s1. The van der Waals surface area contributed by atoms with Crippen molar-refractivity contribution >= 4 is 6.16 Å². The van der Waals surface area contributed by atoms with Gasteiger partial charge in [0.15, 0.2) is 0 Å². The first-order chi connectivity index (χ1) is 17.9. The van der Waals surface area contributed by atoms with Gasteiger partial charge in [-0.1, -0.05) is 34.6 Å². The average molecular weight is 547 g/mol. The smallest absolute Gasteiger partial charge is 0.450 e. The van der Waals surface area contributed by atoms with Crippen molar-refractivity contribution in [3.8, 4) is 0 Å². The van der Waals surface area contributed by atoms with Gasteiger partial charge >= 0.3 is 6.16 Å². The van der Waals surface area contributed by atoms with E-state index in [4.69, 9.17) is 9.47 Å². The van der Waals surface area contributed by atoms with E-state index in [9.17, 15) is 25.2 Å². The Kier molecular flexibility index (Phi) is 5.09. The zero-order valence-electron chi connectivity index (χ0n) is 24.9. The molecule has 7 aliphatic rings. The van der Waals surface area contributed by atoms with Crippen LogP contribution in [-0.2, 0) is 9.47 Å². The molecule has 2 aliphatic heterocycles. The second-order valence-corrected chi connectivity index (χ2v) is 16.9.